The van der Waals surface area contributed by atoms with Gasteiger partial charge >= 0.3 is 5.97 Å². The van der Waals surface area contributed by atoms with Crippen LogP contribution in [-0.4, -0.2) is 22.7 Å². The average molecular weight is 193 g/mol. The zero-order chi connectivity index (χ0) is 9.97. The number of hydrogen-bond acceptors (Lipinski definition) is 3. The van der Waals surface area contributed by atoms with E-state index in [1.165, 1.54) is 0 Å². The van der Waals surface area contributed by atoms with Crippen molar-refractivity contribution in [1.82, 2.24) is 4.98 Å². The molecule has 4 nitrogen and oxygen atoms in total. The Bertz CT molecular complexity index is 325. The summed E-state index contributed by atoms with van der Waals surface area (Å²) < 4.78 is 5.40. The van der Waals surface area contributed by atoms with Crippen LogP contribution in [0.2, 0.25) is 0 Å². The SMILES string of the molecule is O=C(O)[C@H]1CCO[C@H]1c1ccncc1. The minimum absolute atomic E-state index is 0.310. The van der Waals surface area contributed by atoms with Crippen LogP contribution in [0.5, 0.6) is 0 Å². The van der Waals surface area contributed by atoms with Gasteiger partial charge in [-0.15, -0.1) is 0 Å². The molecular formula is C10H11NO3. The van der Waals surface area contributed by atoms with Gasteiger partial charge in [-0.05, 0) is 24.1 Å². The van der Waals surface area contributed by atoms with E-state index in [1.807, 2.05) is 0 Å². The van der Waals surface area contributed by atoms with Crippen LogP contribution in [0, 0.1) is 5.92 Å². The predicted octanol–water partition coefficient (Wildman–Crippen LogP) is 1.24. The van der Waals surface area contributed by atoms with E-state index in [2.05, 4.69) is 4.98 Å². The average Bonchev–Trinajstić information content (AvgIpc) is 2.67. The lowest BCUT2D eigenvalue weighted by molar-refractivity contribution is -0.143. The predicted molar refractivity (Wildman–Crippen MR) is 48.7 cm³/mol. The van der Waals surface area contributed by atoms with E-state index >= 15 is 0 Å². The van der Waals surface area contributed by atoms with Crippen molar-refractivity contribution >= 4 is 5.97 Å². The van der Waals surface area contributed by atoms with Crippen LogP contribution in [0.4, 0.5) is 0 Å². The van der Waals surface area contributed by atoms with Crippen LogP contribution in [0.15, 0.2) is 24.5 Å². The number of hydrogen-bond donors (Lipinski definition) is 1. The summed E-state index contributed by atoms with van der Waals surface area (Å²) in [6.45, 7) is 0.518. The van der Waals surface area contributed by atoms with Gasteiger partial charge in [0, 0.05) is 19.0 Å². The molecule has 14 heavy (non-hydrogen) atoms. The third kappa shape index (κ3) is 1.61. The maximum atomic E-state index is 10.9. The largest absolute Gasteiger partial charge is 0.481 e. The molecule has 1 aliphatic rings. The number of rotatable bonds is 2. The Morgan fingerprint density at radius 2 is 2.21 bits per heavy atom. The van der Waals surface area contributed by atoms with Gasteiger partial charge in [-0.2, -0.15) is 0 Å². The lowest BCUT2D eigenvalue weighted by Gasteiger charge is -2.14. The van der Waals surface area contributed by atoms with Crippen molar-refractivity contribution in [3.05, 3.63) is 30.1 Å². The van der Waals surface area contributed by atoms with Gasteiger partial charge < -0.3 is 9.84 Å². The van der Waals surface area contributed by atoms with Crippen molar-refractivity contribution in [3.63, 3.8) is 0 Å². The van der Waals surface area contributed by atoms with Gasteiger partial charge in [0.1, 0.15) is 0 Å². The Labute approximate surface area is 81.5 Å². The molecule has 74 valence electrons. The fourth-order valence-electron chi connectivity index (χ4n) is 1.72. The highest BCUT2D eigenvalue weighted by molar-refractivity contribution is 5.71. The summed E-state index contributed by atoms with van der Waals surface area (Å²) in [5.74, 6) is -1.21. The quantitative estimate of drug-likeness (QED) is 0.767. The summed E-state index contributed by atoms with van der Waals surface area (Å²) in [6, 6.07) is 3.60. The molecule has 0 aromatic carbocycles. The van der Waals surface area contributed by atoms with Gasteiger partial charge in [0.15, 0.2) is 0 Å². The Balaban J connectivity index is 2.22. The van der Waals surface area contributed by atoms with Crippen LogP contribution in [0.3, 0.4) is 0 Å². The minimum Gasteiger partial charge on any atom is -0.481 e. The van der Waals surface area contributed by atoms with Gasteiger partial charge in [0.25, 0.3) is 0 Å². The van der Waals surface area contributed by atoms with Crippen molar-refractivity contribution < 1.29 is 14.6 Å². The second-order valence-corrected chi connectivity index (χ2v) is 3.31. The summed E-state index contributed by atoms with van der Waals surface area (Å²) in [6.07, 6.45) is 3.57. The molecule has 1 aromatic rings. The fourth-order valence-corrected chi connectivity index (χ4v) is 1.72. The molecule has 1 aromatic heterocycles. The highest BCUT2D eigenvalue weighted by Gasteiger charge is 2.34. The van der Waals surface area contributed by atoms with Crippen LogP contribution in [-0.2, 0) is 9.53 Å². The molecule has 1 aliphatic heterocycles. The molecule has 2 heterocycles. The summed E-state index contributed by atoms with van der Waals surface area (Å²) >= 11 is 0. The molecule has 0 spiro atoms. The van der Waals surface area contributed by atoms with Crippen molar-refractivity contribution in [3.8, 4) is 0 Å². The first-order chi connectivity index (χ1) is 6.79. The molecule has 0 saturated carbocycles. The van der Waals surface area contributed by atoms with E-state index in [1.54, 1.807) is 24.5 Å². The molecule has 0 bridgehead atoms. The fraction of sp³-hybridized carbons (Fsp3) is 0.400. The maximum absolute atomic E-state index is 10.9. The summed E-state index contributed by atoms with van der Waals surface area (Å²) in [5.41, 5.74) is 0.893. The van der Waals surface area contributed by atoms with Gasteiger partial charge in [-0.1, -0.05) is 0 Å². The Morgan fingerprint density at radius 1 is 1.50 bits per heavy atom. The first-order valence-electron chi connectivity index (χ1n) is 4.53. The Morgan fingerprint density at radius 3 is 2.86 bits per heavy atom. The van der Waals surface area contributed by atoms with Crippen LogP contribution in [0.25, 0.3) is 0 Å². The number of nitrogens with zero attached hydrogens (tertiary/aromatic N) is 1. The summed E-state index contributed by atoms with van der Waals surface area (Å²) in [4.78, 5) is 14.8. The second kappa shape index (κ2) is 3.75. The van der Waals surface area contributed by atoms with Crippen molar-refractivity contribution in [2.45, 2.75) is 12.5 Å². The maximum Gasteiger partial charge on any atom is 0.309 e. The first-order valence-corrected chi connectivity index (χ1v) is 4.53. The standard InChI is InChI=1S/C10H11NO3/c12-10(13)8-3-6-14-9(8)7-1-4-11-5-2-7/h1-2,4-5,8-9H,3,6H2,(H,12,13)/t8-,9-/m0/s1. The monoisotopic (exact) mass is 193 g/mol. The Kier molecular flexibility index (Phi) is 2.45. The molecule has 0 amide bonds. The number of carbonyl (C=O) groups is 1. The highest BCUT2D eigenvalue weighted by Crippen LogP contribution is 2.34. The van der Waals surface area contributed by atoms with Gasteiger partial charge in [-0.25, -0.2) is 0 Å². The van der Waals surface area contributed by atoms with E-state index in [0.29, 0.717) is 13.0 Å². The molecule has 0 radical (unpaired) electrons. The normalized spacial score (nSPS) is 26.3. The minimum atomic E-state index is -0.788. The van der Waals surface area contributed by atoms with Gasteiger partial charge in [-0.3, -0.25) is 9.78 Å². The molecule has 0 unspecified atom stereocenters. The molecular weight excluding hydrogens is 182 g/mol. The number of carboxylic acids is 1. The van der Waals surface area contributed by atoms with Crippen LogP contribution in [0.1, 0.15) is 18.1 Å². The molecule has 0 aliphatic carbocycles. The van der Waals surface area contributed by atoms with E-state index < -0.39 is 11.9 Å². The molecule has 2 atom stereocenters. The summed E-state index contributed by atoms with van der Waals surface area (Å²) in [5, 5.41) is 8.95. The third-order valence-electron chi connectivity index (χ3n) is 2.44. The molecule has 2 rings (SSSR count). The molecule has 1 fully saturated rings. The van der Waals surface area contributed by atoms with Crippen molar-refractivity contribution in [1.29, 1.82) is 0 Å². The number of ether oxygens (including phenoxy) is 1. The molecule has 1 N–H and O–H groups in total. The van der Waals surface area contributed by atoms with Crippen LogP contribution < -0.4 is 0 Å². The highest BCUT2D eigenvalue weighted by atomic mass is 16.5. The van der Waals surface area contributed by atoms with Gasteiger partial charge in [0.05, 0.1) is 12.0 Å². The first kappa shape index (κ1) is 9.15. The molecule has 1 saturated heterocycles. The second-order valence-electron chi connectivity index (χ2n) is 3.31. The lowest BCUT2D eigenvalue weighted by Crippen LogP contribution is -2.17. The van der Waals surface area contributed by atoms with E-state index in [0.717, 1.165) is 5.56 Å². The number of aliphatic carboxylic acids is 1. The smallest absolute Gasteiger partial charge is 0.309 e. The third-order valence-corrected chi connectivity index (χ3v) is 2.44. The number of pyridine rings is 1. The zero-order valence-electron chi connectivity index (χ0n) is 7.59. The van der Waals surface area contributed by atoms with E-state index in [-0.39, 0.29) is 6.10 Å². The summed E-state index contributed by atoms with van der Waals surface area (Å²) in [7, 11) is 0. The van der Waals surface area contributed by atoms with E-state index in [9.17, 15) is 4.79 Å². The van der Waals surface area contributed by atoms with Crippen molar-refractivity contribution in [2.24, 2.45) is 5.92 Å². The number of carboxylic acid groups (broad SMARTS) is 1. The van der Waals surface area contributed by atoms with Gasteiger partial charge in [0.2, 0.25) is 0 Å². The topological polar surface area (TPSA) is 59.4 Å². The van der Waals surface area contributed by atoms with Crippen molar-refractivity contribution in [2.75, 3.05) is 6.61 Å². The molecule has 4 heteroatoms. The number of aromatic nitrogens is 1. The van der Waals surface area contributed by atoms with Crippen LogP contribution >= 0.6 is 0 Å². The lowest BCUT2D eigenvalue weighted by atomic mass is 9.96. The van der Waals surface area contributed by atoms with E-state index in [4.69, 9.17) is 9.84 Å². The zero-order valence-corrected chi connectivity index (χ0v) is 7.59. The Hall–Kier alpha value is -1.42.